The van der Waals surface area contributed by atoms with E-state index in [1.54, 1.807) is 11.3 Å². The summed E-state index contributed by atoms with van der Waals surface area (Å²) in [6.45, 7) is 4.98. The van der Waals surface area contributed by atoms with E-state index in [4.69, 9.17) is 5.73 Å². The topological polar surface area (TPSA) is 38.9 Å². The fraction of sp³-hybridized carbons (Fsp3) is 0.357. The highest BCUT2D eigenvalue weighted by molar-refractivity contribution is 7.13. The van der Waals surface area contributed by atoms with Crippen molar-refractivity contribution in [1.29, 1.82) is 0 Å². The second-order valence-corrected chi connectivity index (χ2v) is 5.42. The second-order valence-electron chi connectivity index (χ2n) is 4.56. The molecule has 3 heteroatoms. The molecule has 0 amide bonds. The summed E-state index contributed by atoms with van der Waals surface area (Å²) in [6.07, 6.45) is 0.971. The van der Waals surface area contributed by atoms with E-state index < -0.39 is 0 Å². The monoisotopic (exact) mass is 246 g/mol. The summed E-state index contributed by atoms with van der Waals surface area (Å²) in [5.74, 6) is 0.502. The minimum Gasteiger partial charge on any atom is -0.330 e. The molecule has 0 fully saturated rings. The van der Waals surface area contributed by atoms with Gasteiger partial charge < -0.3 is 5.73 Å². The van der Waals surface area contributed by atoms with Gasteiger partial charge >= 0.3 is 0 Å². The third-order valence-corrected chi connectivity index (χ3v) is 3.72. The molecule has 1 atom stereocenters. The summed E-state index contributed by atoms with van der Waals surface area (Å²) in [5, 5.41) is 3.25. The van der Waals surface area contributed by atoms with Gasteiger partial charge in [-0.2, -0.15) is 0 Å². The van der Waals surface area contributed by atoms with Gasteiger partial charge in [0.05, 0.1) is 5.69 Å². The molecule has 0 saturated carbocycles. The molecule has 0 aliphatic rings. The summed E-state index contributed by atoms with van der Waals surface area (Å²) in [4.78, 5) is 4.67. The first kappa shape index (κ1) is 12.3. The van der Waals surface area contributed by atoms with Crippen LogP contribution < -0.4 is 5.73 Å². The van der Waals surface area contributed by atoms with Gasteiger partial charge in [-0.05, 0) is 31.9 Å². The van der Waals surface area contributed by atoms with Crippen molar-refractivity contribution in [3.8, 4) is 10.6 Å². The van der Waals surface area contributed by atoms with E-state index in [1.165, 1.54) is 11.1 Å². The Kier molecular flexibility index (Phi) is 3.92. The van der Waals surface area contributed by atoms with Crippen LogP contribution in [-0.2, 0) is 6.42 Å². The molecule has 0 bridgehead atoms. The van der Waals surface area contributed by atoms with E-state index in [0.29, 0.717) is 5.92 Å². The predicted octanol–water partition coefficient (Wildman–Crippen LogP) is 3.26. The van der Waals surface area contributed by atoms with Crippen LogP contribution in [-0.4, -0.2) is 11.5 Å². The van der Waals surface area contributed by atoms with Crippen LogP contribution in [0.5, 0.6) is 0 Å². The molecule has 0 aliphatic heterocycles. The Morgan fingerprint density at radius 1 is 1.41 bits per heavy atom. The van der Waals surface area contributed by atoms with Crippen molar-refractivity contribution in [2.24, 2.45) is 11.7 Å². The van der Waals surface area contributed by atoms with Crippen LogP contribution in [0.15, 0.2) is 29.6 Å². The first-order valence-electron chi connectivity index (χ1n) is 5.90. The lowest BCUT2D eigenvalue weighted by Crippen LogP contribution is -2.13. The van der Waals surface area contributed by atoms with Gasteiger partial charge in [0, 0.05) is 10.9 Å². The van der Waals surface area contributed by atoms with Gasteiger partial charge in [-0.3, -0.25) is 0 Å². The third kappa shape index (κ3) is 3.14. The Morgan fingerprint density at radius 2 is 2.24 bits per heavy atom. The molecule has 2 rings (SSSR count). The number of hydrogen-bond donors (Lipinski definition) is 1. The average Bonchev–Trinajstić information content (AvgIpc) is 2.77. The number of aryl methyl sites for hydroxylation is 1. The zero-order valence-corrected chi connectivity index (χ0v) is 11.1. The van der Waals surface area contributed by atoms with Crippen molar-refractivity contribution in [3.63, 3.8) is 0 Å². The van der Waals surface area contributed by atoms with Crippen LogP contribution in [0.2, 0.25) is 0 Å². The van der Waals surface area contributed by atoms with Crippen molar-refractivity contribution < 1.29 is 0 Å². The third-order valence-electron chi connectivity index (χ3n) is 2.78. The summed E-state index contributed by atoms with van der Waals surface area (Å²) >= 11 is 1.71. The van der Waals surface area contributed by atoms with E-state index in [1.807, 2.05) is 0 Å². The zero-order chi connectivity index (χ0) is 12.3. The Hall–Kier alpha value is -1.19. The van der Waals surface area contributed by atoms with Crippen LogP contribution in [0, 0.1) is 12.8 Å². The molecule has 17 heavy (non-hydrogen) atoms. The molecule has 1 unspecified atom stereocenters. The Balaban J connectivity index is 2.18. The fourth-order valence-electron chi connectivity index (χ4n) is 1.75. The van der Waals surface area contributed by atoms with Gasteiger partial charge in [0.2, 0.25) is 0 Å². The van der Waals surface area contributed by atoms with Gasteiger partial charge in [0.1, 0.15) is 5.01 Å². The molecule has 0 saturated heterocycles. The van der Waals surface area contributed by atoms with Crippen molar-refractivity contribution in [3.05, 3.63) is 40.9 Å². The molecular weight excluding hydrogens is 228 g/mol. The summed E-state index contributed by atoms with van der Waals surface area (Å²) in [5.41, 5.74) is 9.27. The van der Waals surface area contributed by atoms with Crippen molar-refractivity contribution in [2.75, 3.05) is 6.54 Å². The van der Waals surface area contributed by atoms with Gasteiger partial charge in [-0.15, -0.1) is 11.3 Å². The lowest BCUT2D eigenvalue weighted by molar-refractivity contribution is 0.586. The molecule has 90 valence electrons. The molecule has 1 aromatic heterocycles. The van der Waals surface area contributed by atoms with Crippen LogP contribution in [0.1, 0.15) is 18.2 Å². The van der Waals surface area contributed by atoms with Gasteiger partial charge in [-0.25, -0.2) is 4.98 Å². The molecule has 2 aromatic rings. The lowest BCUT2D eigenvalue weighted by atomic mass is 10.1. The highest BCUT2D eigenvalue weighted by Gasteiger charge is 2.07. The SMILES string of the molecule is Cc1cccc(-c2nc(CC(C)CN)cs2)c1. The minimum atomic E-state index is 0.502. The quantitative estimate of drug-likeness (QED) is 0.899. The van der Waals surface area contributed by atoms with Crippen molar-refractivity contribution in [2.45, 2.75) is 20.3 Å². The summed E-state index contributed by atoms with van der Waals surface area (Å²) in [7, 11) is 0. The van der Waals surface area contributed by atoms with E-state index in [9.17, 15) is 0 Å². The maximum absolute atomic E-state index is 5.63. The van der Waals surface area contributed by atoms with Crippen LogP contribution >= 0.6 is 11.3 Å². The fourth-order valence-corrected chi connectivity index (χ4v) is 2.58. The minimum absolute atomic E-state index is 0.502. The first-order chi connectivity index (χ1) is 8.19. The number of benzene rings is 1. The van der Waals surface area contributed by atoms with E-state index in [0.717, 1.165) is 23.7 Å². The Labute approximate surface area is 107 Å². The molecular formula is C14H18N2S. The number of nitrogens with two attached hydrogens (primary N) is 1. The molecule has 1 aromatic carbocycles. The lowest BCUT2D eigenvalue weighted by Gasteiger charge is -2.04. The standard InChI is InChI=1S/C14H18N2S/c1-10-4-3-5-12(6-10)14-16-13(9-17-14)7-11(2)8-15/h3-6,9,11H,7-8,15H2,1-2H3. The smallest absolute Gasteiger partial charge is 0.123 e. The van der Waals surface area contributed by atoms with E-state index >= 15 is 0 Å². The maximum atomic E-state index is 5.63. The van der Waals surface area contributed by atoms with E-state index in [2.05, 4.69) is 48.5 Å². The molecule has 1 heterocycles. The highest BCUT2D eigenvalue weighted by atomic mass is 32.1. The number of aromatic nitrogens is 1. The van der Waals surface area contributed by atoms with Crippen LogP contribution in [0.4, 0.5) is 0 Å². The zero-order valence-electron chi connectivity index (χ0n) is 10.3. The van der Waals surface area contributed by atoms with Gasteiger partial charge in [0.15, 0.2) is 0 Å². The molecule has 0 aliphatic carbocycles. The van der Waals surface area contributed by atoms with Crippen molar-refractivity contribution >= 4 is 11.3 Å². The molecule has 0 radical (unpaired) electrons. The summed E-state index contributed by atoms with van der Waals surface area (Å²) in [6, 6.07) is 8.47. The second kappa shape index (κ2) is 5.43. The molecule has 2 nitrogen and oxygen atoms in total. The van der Waals surface area contributed by atoms with Crippen LogP contribution in [0.3, 0.4) is 0 Å². The maximum Gasteiger partial charge on any atom is 0.123 e. The first-order valence-corrected chi connectivity index (χ1v) is 6.78. The average molecular weight is 246 g/mol. The number of rotatable bonds is 4. The van der Waals surface area contributed by atoms with Crippen molar-refractivity contribution in [1.82, 2.24) is 4.98 Å². The number of hydrogen-bond acceptors (Lipinski definition) is 3. The Bertz CT molecular complexity index is 490. The largest absolute Gasteiger partial charge is 0.330 e. The molecule has 0 spiro atoms. The normalized spacial score (nSPS) is 12.6. The Morgan fingerprint density at radius 3 is 2.94 bits per heavy atom. The highest BCUT2D eigenvalue weighted by Crippen LogP contribution is 2.25. The molecule has 2 N–H and O–H groups in total. The van der Waals surface area contributed by atoms with E-state index in [-0.39, 0.29) is 0 Å². The summed E-state index contributed by atoms with van der Waals surface area (Å²) < 4.78 is 0. The predicted molar refractivity (Wildman–Crippen MR) is 74.2 cm³/mol. The number of nitrogens with zero attached hydrogens (tertiary/aromatic N) is 1. The van der Waals surface area contributed by atoms with Gasteiger partial charge in [-0.1, -0.05) is 30.7 Å². The number of thiazole rings is 1. The van der Waals surface area contributed by atoms with Crippen LogP contribution in [0.25, 0.3) is 10.6 Å². The van der Waals surface area contributed by atoms with Gasteiger partial charge in [0.25, 0.3) is 0 Å².